The molecule has 2 aromatic carbocycles. The van der Waals surface area contributed by atoms with Gasteiger partial charge in [-0.25, -0.2) is 0 Å². The molecule has 160 valence electrons. The molecule has 0 atom stereocenters. The largest absolute Gasteiger partial charge is 0.484 e. The zero-order valence-electron chi connectivity index (χ0n) is 17.6. The number of amides is 2. The Morgan fingerprint density at radius 3 is 1.83 bits per heavy atom. The molecule has 2 amide bonds. The summed E-state index contributed by atoms with van der Waals surface area (Å²) in [7, 11) is 0. The summed E-state index contributed by atoms with van der Waals surface area (Å²) >= 11 is 0. The zero-order chi connectivity index (χ0) is 21.2. The standard InChI is InChI=1S/C24H30N2O4/c1-2-7-20-10-12-22(13-11-20)30-19-24(28)26-15-6-14-25(16-17-26)23(27)18-29-21-8-4-3-5-9-21/h3-5,8-13H,2,6-7,14-19H2,1H3. The maximum absolute atomic E-state index is 12.6. The number of hydrogen-bond acceptors (Lipinski definition) is 4. The van der Waals surface area contributed by atoms with Crippen molar-refractivity contribution in [1.29, 1.82) is 0 Å². The summed E-state index contributed by atoms with van der Waals surface area (Å²) in [5.74, 6) is 1.27. The smallest absolute Gasteiger partial charge is 0.260 e. The summed E-state index contributed by atoms with van der Waals surface area (Å²) in [6, 6.07) is 17.2. The molecule has 3 rings (SSSR count). The molecule has 0 aromatic heterocycles. The van der Waals surface area contributed by atoms with Crippen molar-refractivity contribution in [2.75, 3.05) is 39.4 Å². The summed E-state index contributed by atoms with van der Waals surface area (Å²) in [5.41, 5.74) is 1.27. The van der Waals surface area contributed by atoms with Gasteiger partial charge in [-0.3, -0.25) is 9.59 Å². The van der Waals surface area contributed by atoms with E-state index in [-0.39, 0.29) is 25.0 Å². The van der Waals surface area contributed by atoms with Crippen molar-refractivity contribution in [2.45, 2.75) is 26.2 Å². The van der Waals surface area contributed by atoms with E-state index in [0.717, 1.165) is 19.3 Å². The normalized spacial score (nSPS) is 14.2. The molecule has 0 saturated carbocycles. The molecule has 0 spiro atoms. The van der Waals surface area contributed by atoms with Gasteiger partial charge in [0.25, 0.3) is 11.8 Å². The van der Waals surface area contributed by atoms with Crippen molar-refractivity contribution >= 4 is 11.8 Å². The fourth-order valence-corrected chi connectivity index (χ4v) is 3.45. The van der Waals surface area contributed by atoms with Crippen LogP contribution in [0.3, 0.4) is 0 Å². The van der Waals surface area contributed by atoms with E-state index >= 15 is 0 Å². The highest BCUT2D eigenvalue weighted by molar-refractivity contribution is 5.79. The van der Waals surface area contributed by atoms with Crippen molar-refractivity contribution in [3.63, 3.8) is 0 Å². The zero-order valence-corrected chi connectivity index (χ0v) is 17.6. The average Bonchev–Trinajstić information content (AvgIpc) is 3.04. The predicted molar refractivity (Wildman–Crippen MR) is 116 cm³/mol. The van der Waals surface area contributed by atoms with Crippen LogP contribution in [0, 0.1) is 0 Å². The average molecular weight is 411 g/mol. The van der Waals surface area contributed by atoms with Crippen molar-refractivity contribution in [2.24, 2.45) is 0 Å². The molecule has 1 saturated heterocycles. The molecule has 30 heavy (non-hydrogen) atoms. The first kappa shape index (κ1) is 21.7. The van der Waals surface area contributed by atoms with Gasteiger partial charge >= 0.3 is 0 Å². The Balaban J connectivity index is 1.42. The van der Waals surface area contributed by atoms with Crippen LogP contribution in [-0.2, 0) is 16.0 Å². The lowest BCUT2D eigenvalue weighted by molar-refractivity contribution is -0.135. The first-order valence-corrected chi connectivity index (χ1v) is 10.6. The minimum atomic E-state index is -0.0587. The van der Waals surface area contributed by atoms with E-state index in [9.17, 15) is 9.59 Å². The second kappa shape index (κ2) is 11.2. The molecule has 2 aromatic rings. The van der Waals surface area contributed by atoms with Gasteiger partial charge in [-0.1, -0.05) is 43.7 Å². The molecule has 6 nitrogen and oxygen atoms in total. The molecule has 0 bridgehead atoms. The number of rotatable bonds is 8. The maximum atomic E-state index is 12.6. The van der Waals surface area contributed by atoms with E-state index in [1.54, 1.807) is 9.80 Å². The third kappa shape index (κ3) is 6.51. The molecule has 0 radical (unpaired) electrons. The maximum Gasteiger partial charge on any atom is 0.260 e. The summed E-state index contributed by atoms with van der Waals surface area (Å²) in [5, 5.41) is 0. The molecule has 0 unspecified atom stereocenters. The van der Waals surface area contributed by atoms with E-state index in [2.05, 4.69) is 6.92 Å². The van der Waals surface area contributed by atoms with Crippen LogP contribution in [0.25, 0.3) is 0 Å². The van der Waals surface area contributed by atoms with Crippen molar-refractivity contribution < 1.29 is 19.1 Å². The molecule has 1 heterocycles. The Hall–Kier alpha value is -3.02. The monoisotopic (exact) mass is 410 g/mol. The Kier molecular flexibility index (Phi) is 8.12. The Labute approximate surface area is 178 Å². The van der Waals surface area contributed by atoms with E-state index in [4.69, 9.17) is 9.47 Å². The third-order valence-electron chi connectivity index (χ3n) is 5.13. The van der Waals surface area contributed by atoms with Crippen molar-refractivity contribution in [3.05, 3.63) is 60.2 Å². The number of benzene rings is 2. The van der Waals surface area contributed by atoms with Crippen LogP contribution < -0.4 is 9.47 Å². The van der Waals surface area contributed by atoms with Crippen LogP contribution in [0.1, 0.15) is 25.3 Å². The van der Waals surface area contributed by atoms with Gasteiger partial charge in [0.1, 0.15) is 11.5 Å². The van der Waals surface area contributed by atoms with Crippen LogP contribution in [0.15, 0.2) is 54.6 Å². The fourth-order valence-electron chi connectivity index (χ4n) is 3.45. The van der Waals surface area contributed by atoms with Crippen LogP contribution in [0.4, 0.5) is 0 Å². The van der Waals surface area contributed by atoms with Crippen LogP contribution >= 0.6 is 0 Å². The fraction of sp³-hybridized carbons (Fsp3) is 0.417. The molecule has 1 aliphatic heterocycles. The Morgan fingerprint density at radius 1 is 0.767 bits per heavy atom. The highest BCUT2D eigenvalue weighted by Crippen LogP contribution is 2.14. The van der Waals surface area contributed by atoms with Crippen LogP contribution in [0.5, 0.6) is 11.5 Å². The SMILES string of the molecule is CCCc1ccc(OCC(=O)N2CCCN(C(=O)COc3ccccc3)CC2)cc1. The number of nitrogens with zero attached hydrogens (tertiary/aromatic N) is 2. The summed E-state index contributed by atoms with van der Waals surface area (Å²) in [4.78, 5) is 28.6. The number of aryl methyl sites for hydroxylation is 1. The van der Waals surface area contributed by atoms with Gasteiger partial charge < -0.3 is 19.3 Å². The minimum absolute atomic E-state index is 0.00903. The number of carbonyl (C=O) groups is 2. The van der Waals surface area contributed by atoms with Gasteiger partial charge in [-0.15, -0.1) is 0 Å². The first-order chi connectivity index (χ1) is 14.7. The van der Waals surface area contributed by atoms with Gasteiger partial charge in [-0.05, 0) is 42.7 Å². The number of carbonyl (C=O) groups excluding carboxylic acids is 2. The van der Waals surface area contributed by atoms with Gasteiger partial charge in [0.15, 0.2) is 13.2 Å². The van der Waals surface area contributed by atoms with Crippen LogP contribution in [-0.4, -0.2) is 61.0 Å². The van der Waals surface area contributed by atoms with Gasteiger partial charge in [0, 0.05) is 26.2 Å². The van der Waals surface area contributed by atoms with E-state index in [1.165, 1.54) is 5.56 Å². The number of hydrogen-bond donors (Lipinski definition) is 0. The van der Waals surface area contributed by atoms with Gasteiger partial charge in [-0.2, -0.15) is 0 Å². The minimum Gasteiger partial charge on any atom is -0.484 e. The second-order valence-electron chi connectivity index (χ2n) is 7.40. The highest BCUT2D eigenvalue weighted by Gasteiger charge is 2.22. The van der Waals surface area contributed by atoms with Crippen molar-refractivity contribution in [1.82, 2.24) is 9.80 Å². The quantitative estimate of drug-likeness (QED) is 0.671. The molecule has 0 aliphatic carbocycles. The first-order valence-electron chi connectivity index (χ1n) is 10.6. The number of ether oxygens (including phenoxy) is 2. The summed E-state index contributed by atoms with van der Waals surface area (Å²) in [6.45, 7) is 4.44. The lowest BCUT2D eigenvalue weighted by atomic mass is 10.1. The predicted octanol–water partition coefficient (Wildman–Crippen LogP) is 3.16. The Bertz CT molecular complexity index is 808. The Morgan fingerprint density at radius 2 is 1.30 bits per heavy atom. The van der Waals surface area contributed by atoms with Gasteiger partial charge in [0.05, 0.1) is 0 Å². The number of para-hydroxylation sites is 1. The van der Waals surface area contributed by atoms with E-state index in [1.807, 2.05) is 54.6 Å². The van der Waals surface area contributed by atoms with E-state index in [0.29, 0.717) is 37.7 Å². The van der Waals surface area contributed by atoms with Crippen LogP contribution in [0.2, 0.25) is 0 Å². The molecule has 6 heteroatoms. The van der Waals surface area contributed by atoms with Gasteiger partial charge in [0.2, 0.25) is 0 Å². The summed E-state index contributed by atoms with van der Waals surface area (Å²) in [6.07, 6.45) is 2.89. The topological polar surface area (TPSA) is 59.1 Å². The molecule has 1 fully saturated rings. The highest BCUT2D eigenvalue weighted by atomic mass is 16.5. The van der Waals surface area contributed by atoms with Crippen molar-refractivity contribution in [3.8, 4) is 11.5 Å². The molecule has 0 N–H and O–H groups in total. The molecule has 1 aliphatic rings. The second-order valence-corrected chi connectivity index (χ2v) is 7.40. The lowest BCUT2D eigenvalue weighted by Gasteiger charge is -2.22. The lowest BCUT2D eigenvalue weighted by Crippen LogP contribution is -2.40. The van der Waals surface area contributed by atoms with E-state index < -0.39 is 0 Å². The third-order valence-corrected chi connectivity index (χ3v) is 5.13. The molecular formula is C24H30N2O4. The summed E-state index contributed by atoms with van der Waals surface area (Å²) < 4.78 is 11.2. The molecular weight excluding hydrogens is 380 g/mol.